The monoisotopic (exact) mass is 237 g/mol. The third kappa shape index (κ3) is 5.68. The van der Waals surface area contributed by atoms with Crippen LogP contribution < -0.4 is 10.6 Å². The van der Waals surface area contributed by atoms with E-state index in [1.165, 1.54) is 12.0 Å². The summed E-state index contributed by atoms with van der Waals surface area (Å²) in [6, 6.07) is 4.46. The molecule has 0 aromatic carbocycles. The number of pyridine rings is 1. The number of nitrogens with zero attached hydrogens (tertiary/aromatic N) is 2. The molecule has 17 heavy (non-hydrogen) atoms. The molecule has 3 nitrogen and oxygen atoms in total. The van der Waals surface area contributed by atoms with Crippen LogP contribution in [-0.2, 0) is 0 Å². The molecule has 0 spiro atoms. The van der Waals surface area contributed by atoms with Crippen LogP contribution in [0, 0.1) is 6.92 Å². The normalized spacial score (nSPS) is 13.9. The summed E-state index contributed by atoms with van der Waals surface area (Å²) in [5, 5.41) is 0. The van der Waals surface area contributed by atoms with Crippen LogP contribution in [0.15, 0.2) is 18.3 Å². The van der Waals surface area contributed by atoms with Crippen molar-refractivity contribution in [2.75, 3.05) is 18.0 Å². The fourth-order valence-corrected chi connectivity index (χ4v) is 1.35. The van der Waals surface area contributed by atoms with Gasteiger partial charge in [0.2, 0.25) is 0 Å². The highest BCUT2D eigenvalue weighted by Gasteiger charge is 2.23. The van der Waals surface area contributed by atoms with Crippen molar-refractivity contribution in [3.05, 3.63) is 23.9 Å². The van der Waals surface area contributed by atoms with Gasteiger partial charge in [-0.3, -0.25) is 0 Å². The van der Waals surface area contributed by atoms with E-state index < -0.39 is 0 Å². The molecule has 1 saturated heterocycles. The molecule has 0 atom stereocenters. The van der Waals surface area contributed by atoms with Crippen LogP contribution in [0.1, 0.15) is 39.7 Å². The topological polar surface area (TPSA) is 42.1 Å². The SMILES string of the molecule is CC.CCC.Cc1ccc(N2CC(N)C2)nc1. The van der Waals surface area contributed by atoms with E-state index >= 15 is 0 Å². The van der Waals surface area contributed by atoms with Crippen molar-refractivity contribution in [2.45, 2.75) is 47.1 Å². The van der Waals surface area contributed by atoms with E-state index in [4.69, 9.17) is 5.73 Å². The van der Waals surface area contributed by atoms with E-state index in [-0.39, 0.29) is 0 Å². The number of rotatable bonds is 1. The maximum atomic E-state index is 5.67. The molecular weight excluding hydrogens is 210 g/mol. The Morgan fingerprint density at radius 2 is 1.82 bits per heavy atom. The molecule has 0 radical (unpaired) electrons. The molecule has 0 amide bonds. The Morgan fingerprint density at radius 1 is 1.29 bits per heavy atom. The minimum atomic E-state index is 0.341. The van der Waals surface area contributed by atoms with E-state index in [1.807, 2.05) is 33.0 Å². The highest BCUT2D eigenvalue weighted by atomic mass is 15.3. The minimum Gasteiger partial charge on any atom is -0.353 e. The van der Waals surface area contributed by atoms with Crippen molar-refractivity contribution >= 4 is 5.82 Å². The molecular formula is C14H27N3. The number of anilines is 1. The van der Waals surface area contributed by atoms with E-state index in [1.54, 1.807) is 0 Å². The molecule has 1 aliphatic rings. The summed E-state index contributed by atoms with van der Waals surface area (Å²) in [6.07, 6.45) is 3.14. The minimum absolute atomic E-state index is 0.341. The van der Waals surface area contributed by atoms with Crippen molar-refractivity contribution in [1.82, 2.24) is 4.98 Å². The standard InChI is InChI=1S/C9H13N3.C3H8.C2H6/c1-7-2-3-9(11-4-7)12-5-8(10)6-12;1-3-2;1-2/h2-4,8H,5-6,10H2,1H3;3H2,1-2H3;1-2H3. The van der Waals surface area contributed by atoms with Crippen LogP contribution >= 0.6 is 0 Å². The molecule has 1 aliphatic heterocycles. The van der Waals surface area contributed by atoms with Crippen molar-refractivity contribution < 1.29 is 0 Å². The maximum Gasteiger partial charge on any atom is 0.128 e. The lowest BCUT2D eigenvalue weighted by Gasteiger charge is -2.37. The average Bonchev–Trinajstić information content (AvgIpc) is 2.30. The predicted molar refractivity (Wildman–Crippen MR) is 76.5 cm³/mol. The Balaban J connectivity index is 0.000000450. The molecule has 0 bridgehead atoms. The number of aryl methyl sites for hydroxylation is 1. The van der Waals surface area contributed by atoms with Crippen LogP contribution in [0.4, 0.5) is 5.82 Å². The van der Waals surface area contributed by atoms with E-state index in [0.717, 1.165) is 18.9 Å². The molecule has 2 rings (SSSR count). The first-order valence-corrected chi connectivity index (χ1v) is 6.60. The third-order valence-electron chi connectivity index (χ3n) is 2.13. The van der Waals surface area contributed by atoms with E-state index in [2.05, 4.69) is 29.8 Å². The van der Waals surface area contributed by atoms with Gasteiger partial charge in [-0.25, -0.2) is 4.98 Å². The molecule has 0 saturated carbocycles. The first kappa shape index (κ1) is 15.9. The van der Waals surface area contributed by atoms with E-state index in [0.29, 0.717) is 6.04 Å². The highest BCUT2D eigenvalue weighted by molar-refractivity contribution is 5.42. The largest absolute Gasteiger partial charge is 0.353 e. The average molecular weight is 237 g/mol. The lowest BCUT2D eigenvalue weighted by molar-refractivity contribution is 0.514. The summed E-state index contributed by atoms with van der Waals surface area (Å²) in [4.78, 5) is 6.49. The van der Waals surface area contributed by atoms with Crippen LogP contribution in [0.2, 0.25) is 0 Å². The first-order valence-electron chi connectivity index (χ1n) is 6.60. The first-order chi connectivity index (χ1) is 8.17. The van der Waals surface area contributed by atoms with Gasteiger partial charge in [-0.2, -0.15) is 0 Å². The lowest BCUT2D eigenvalue weighted by Crippen LogP contribution is -2.56. The number of hydrogen-bond acceptors (Lipinski definition) is 3. The van der Waals surface area contributed by atoms with Gasteiger partial charge in [0, 0.05) is 25.3 Å². The molecule has 1 fully saturated rings. The van der Waals surface area contributed by atoms with Crippen molar-refractivity contribution in [3.8, 4) is 0 Å². The van der Waals surface area contributed by atoms with Gasteiger partial charge in [0.05, 0.1) is 0 Å². The van der Waals surface area contributed by atoms with Crippen molar-refractivity contribution in [3.63, 3.8) is 0 Å². The van der Waals surface area contributed by atoms with Crippen LogP contribution in [0.25, 0.3) is 0 Å². The number of hydrogen-bond donors (Lipinski definition) is 1. The number of aromatic nitrogens is 1. The van der Waals surface area contributed by atoms with Gasteiger partial charge in [0.25, 0.3) is 0 Å². The summed E-state index contributed by atoms with van der Waals surface area (Å²) in [7, 11) is 0. The second-order valence-corrected chi connectivity index (χ2v) is 4.07. The lowest BCUT2D eigenvalue weighted by atomic mass is 10.1. The fourth-order valence-electron chi connectivity index (χ4n) is 1.35. The Labute approximate surface area is 106 Å². The second-order valence-electron chi connectivity index (χ2n) is 4.07. The zero-order valence-corrected chi connectivity index (χ0v) is 11.9. The zero-order valence-electron chi connectivity index (χ0n) is 11.9. The molecule has 0 unspecified atom stereocenters. The van der Waals surface area contributed by atoms with Crippen molar-refractivity contribution in [2.24, 2.45) is 5.73 Å². The van der Waals surface area contributed by atoms with Crippen LogP contribution in [0.5, 0.6) is 0 Å². The van der Waals surface area contributed by atoms with Gasteiger partial charge in [-0.15, -0.1) is 0 Å². The summed E-state index contributed by atoms with van der Waals surface area (Å²) >= 11 is 0. The Kier molecular flexibility index (Phi) is 8.42. The molecule has 2 heterocycles. The Morgan fingerprint density at radius 3 is 2.18 bits per heavy atom. The van der Waals surface area contributed by atoms with Gasteiger partial charge >= 0.3 is 0 Å². The smallest absolute Gasteiger partial charge is 0.128 e. The molecule has 2 N–H and O–H groups in total. The zero-order chi connectivity index (χ0) is 13.3. The van der Waals surface area contributed by atoms with Gasteiger partial charge in [-0.05, 0) is 18.6 Å². The Bertz CT molecular complexity index is 276. The van der Waals surface area contributed by atoms with Crippen LogP contribution in [0.3, 0.4) is 0 Å². The summed E-state index contributed by atoms with van der Waals surface area (Å²) in [5.74, 6) is 1.04. The predicted octanol–water partition coefficient (Wildman–Crippen LogP) is 2.98. The summed E-state index contributed by atoms with van der Waals surface area (Å²) in [5.41, 5.74) is 6.86. The molecule has 3 heteroatoms. The van der Waals surface area contributed by atoms with E-state index in [9.17, 15) is 0 Å². The molecule has 1 aromatic rings. The highest BCUT2D eigenvalue weighted by Crippen LogP contribution is 2.16. The second kappa shape index (κ2) is 8.99. The molecule has 0 aliphatic carbocycles. The van der Waals surface area contributed by atoms with Gasteiger partial charge in [0.15, 0.2) is 0 Å². The quantitative estimate of drug-likeness (QED) is 0.816. The molecule has 1 aromatic heterocycles. The Hall–Kier alpha value is -1.09. The molecule has 98 valence electrons. The van der Waals surface area contributed by atoms with Gasteiger partial charge in [-0.1, -0.05) is 40.2 Å². The summed E-state index contributed by atoms with van der Waals surface area (Å²) < 4.78 is 0. The maximum absolute atomic E-state index is 5.67. The van der Waals surface area contributed by atoms with Gasteiger partial charge in [0.1, 0.15) is 5.82 Å². The fraction of sp³-hybridized carbons (Fsp3) is 0.643. The van der Waals surface area contributed by atoms with Gasteiger partial charge < -0.3 is 10.6 Å². The summed E-state index contributed by atoms with van der Waals surface area (Å²) in [6.45, 7) is 12.2. The number of nitrogens with two attached hydrogens (primary N) is 1. The van der Waals surface area contributed by atoms with Crippen LogP contribution in [-0.4, -0.2) is 24.1 Å². The van der Waals surface area contributed by atoms with Crippen molar-refractivity contribution in [1.29, 1.82) is 0 Å². The third-order valence-corrected chi connectivity index (χ3v) is 2.13.